The highest BCUT2D eigenvalue weighted by molar-refractivity contribution is 9.10. The molecular weight excluding hydrogens is 340 g/mol. The summed E-state index contributed by atoms with van der Waals surface area (Å²) in [6.45, 7) is 5.16. The maximum atomic E-state index is 10.9. The summed E-state index contributed by atoms with van der Waals surface area (Å²) in [5.74, 6) is 0. The van der Waals surface area contributed by atoms with E-state index in [2.05, 4.69) is 56.1 Å². The smallest absolute Gasteiger partial charge is 0.151 e. The lowest BCUT2D eigenvalue weighted by Gasteiger charge is -2.36. The highest BCUT2D eigenvalue weighted by atomic mass is 79.9. The molecule has 0 aliphatic carbocycles. The highest BCUT2D eigenvalue weighted by Crippen LogP contribution is 2.24. The number of benzene rings is 2. The van der Waals surface area contributed by atoms with Gasteiger partial charge in [-0.3, -0.25) is 9.69 Å². The average Bonchev–Trinajstić information content (AvgIpc) is 2.56. The van der Waals surface area contributed by atoms with Crippen LogP contribution in [0, 0.1) is 0 Å². The van der Waals surface area contributed by atoms with Crippen molar-refractivity contribution in [2.24, 2.45) is 0 Å². The van der Waals surface area contributed by atoms with Gasteiger partial charge in [0.25, 0.3) is 0 Å². The van der Waals surface area contributed by atoms with Gasteiger partial charge < -0.3 is 4.90 Å². The zero-order chi connectivity index (χ0) is 15.4. The largest absolute Gasteiger partial charge is 0.369 e. The van der Waals surface area contributed by atoms with Crippen LogP contribution in [-0.2, 0) is 6.54 Å². The fraction of sp³-hybridized carbons (Fsp3) is 0.278. The second-order valence-corrected chi connectivity index (χ2v) is 6.43. The zero-order valence-electron chi connectivity index (χ0n) is 12.4. The standard InChI is InChI=1S/C18H19BrN2O/c19-18-12-17(7-6-16(18)14-22)21-10-8-20(9-11-21)13-15-4-2-1-3-5-15/h1-7,12,14H,8-11,13H2. The van der Waals surface area contributed by atoms with E-state index in [1.807, 2.05) is 18.2 Å². The Labute approximate surface area is 139 Å². The second-order valence-electron chi connectivity index (χ2n) is 5.57. The van der Waals surface area contributed by atoms with Gasteiger partial charge in [-0.2, -0.15) is 0 Å². The predicted octanol–water partition coefficient (Wildman–Crippen LogP) is 3.58. The van der Waals surface area contributed by atoms with E-state index in [1.165, 1.54) is 11.3 Å². The maximum absolute atomic E-state index is 10.9. The zero-order valence-corrected chi connectivity index (χ0v) is 14.0. The Morgan fingerprint density at radius 2 is 1.73 bits per heavy atom. The summed E-state index contributed by atoms with van der Waals surface area (Å²) in [7, 11) is 0. The van der Waals surface area contributed by atoms with Crippen LogP contribution in [0.4, 0.5) is 5.69 Å². The Bertz CT molecular complexity index is 637. The molecule has 2 aromatic carbocycles. The Kier molecular flexibility index (Phi) is 4.90. The summed E-state index contributed by atoms with van der Waals surface area (Å²) in [4.78, 5) is 15.7. The van der Waals surface area contributed by atoms with E-state index in [1.54, 1.807) is 0 Å². The molecule has 0 saturated carbocycles. The van der Waals surface area contributed by atoms with Crippen LogP contribution in [0.3, 0.4) is 0 Å². The van der Waals surface area contributed by atoms with Gasteiger partial charge in [-0.25, -0.2) is 0 Å². The fourth-order valence-electron chi connectivity index (χ4n) is 2.81. The SMILES string of the molecule is O=Cc1ccc(N2CCN(Cc3ccccc3)CC2)cc1Br. The molecule has 1 aliphatic rings. The van der Waals surface area contributed by atoms with Crippen molar-refractivity contribution >= 4 is 27.9 Å². The third-order valence-corrected chi connectivity index (χ3v) is 4.78. The lowest BCUT2D eigenvalue weighted by molar-refractivity contribution is 0.112. The number of rotatable bonds is 4. The van der Waals surface area contributed by atoms with Gasteiger partial charge in [0.1, 0.15) is 0 Å². The van der Waals surface area contributed by atoms with E-state index in [9.17, 15) is 4.79 Å². The van der Waals surface area contributed by atoms with Gasteiger partial charge in [0.2, 0.25) is 0 Å². The first-order valence-corrected chi connectivity index (χ1v) is 8.31. The molecule has 2 aromatic rings. The van der Waals surface area contributed by atoms with Crippen molar-refractivity contribution in [3.63, 3.8) is 0 Å². The number of halogens is 1. The molecule has 0 aromatic heterocycles. The number of hydrogen-bond acceptors (Lipinski definition) is 3. The molecule has 0 bridgehead atoms. The van der Waals surface area contributed by atoms with Crippen molar-refractivity contribution in [1.82, 2.24) is 4.90 Å². The number of hydrogen-bond donors (Lipinski definition) is 0. The third kappa shape index (κ3) is 3.57. The number of aldehydes is 1. The van der Waals surface area contributed by atoms with E-state index >= 15 is 0 Å². The predicted molar refractivity (Wildman–Crippen MR) is 93.5 cm³/mol. The molecule has 0 radical (unpaired) electrons. The van der Waals surface area contributed by atoms with Gasteiger partial charge in [-0.15, -0.1) is 0 Å². The lowest BCUT2D eigenvalue weighted by Crippen LogP contribution is -2.45. The van der Waals surface area contributed by atoms with E-state index in [-0.39, 0.29) is 0 Å². The van der Waals surface area contributed by atoms with Crippen molar-refractivity contribution in [1.29, 1.82) is 0 Å². The van der Waals surface area contributed by atoms with Crippen LogP contribution in [0.2, 0.25) is 0 Å². The molecule has 3 rings (SSSR count). The van der Waals surface area contributed by atoms with Crippen LogP contribution >= 0.6 is 15.9 Å². The van der Waals surface area contributed by atoms with E-state index in [0.29, 0.717) is 5.56 Å². The van der Waals surface area contributed by atoms with Crippen LogP contribution in [0.5, 0.6) is 0 Å². The summed E-state index contributed by atoms with van der Waals surface area (Å²) in [6.07, 6.45) is 0.881. The number of carbonyl (C=O) groups is 1. The molecule has 0 spiro atoms. The minimum atomic E-state index is 0.700. The fourth-order valence-corrected chi connectivity index (χ4v) is 3.27. The van der Waals surface area contributed by atoms with E-state index in [0.717, 1.165) is 43.5 Å². The Morgan fingerprint density at radius 3 is 2.36 bits per heavy atom. The Balaban J connectivity index is 1.59. The second kappa shape index (κ2) is 7.07. The van der Waals surface area contributed by atoms with Gasteiger partial charge in [0, 0.05) is 48.4 Å². The van der Waals surface area contributed by atoms with Crippen molar-refractivity contribution in [3.8, 4) is 0 Å². The molecular formula is C18H19BrN2O. The normalized spacial score (nSPS) is 15.8. The number of carbonyl (C=O) groups excluding carboxylic acids is 1. The molecule has 1 saturated heterocycles. The lowest BCUT2D eigenvalue weighted by atomic mass is 10.1. The van der Waals surface area contributed by atoms with Crippen molar-refractivity contribution in [2.75, 3.05) is 31.1 Å². The molecule has 1 fully saturated rings. The number of anilines is 1. The topological polar surface area (TPSA) is 23.6 Å². The summed E-state index contributed by atoms with van der Waals surface area (Å²) < 4.78 is 0.867. The molecule has 4 heteroatoms. The van der Waals surface area contributed by atoms with E-state index < -0.39 is 0 Å². The van der Waals surface area contributed by atoms with Gasteiger partial charge >= 0.3 is 0 Å². The number of nitrogens with zero attached hydrogens (tertiary/aromatic N) is 2. The molecule has 114 valence electrons. The Hall–Kier alpha value is -1.65. The van der Waals surface area contributed by atoms with Crippen LogP contribution in [0.25, 0.3) is 0 Å². The highest BCUT2D eigenvalue weighted by Gasteiger charge is 2.17. The summed E-state index contributed by atoms with van der Waals surface area (Å²) in [5.41, 5.74) is 3.25. The summed E-state index contributed by atoms with van der Waals surface area (Å²) in [5, 5.41) is 0. The van der Waals surface area contributed by atoms with Crippen LogP contribution < -0.4 is 4.90 Å². The van der Waals surface area contributed by atoms with E-state index in [4.69, 9.17) is 0 Å². The third-order valence-electron chi connectivity index (χ3n) is 4.10. The first-order chi connectivity index (χ1) is 10.8. The molecule has 0 amide bonds. The quantitative estimate of drug-likeness (QED) is 0.780. The average molecular weight is 359 g/mol. The van der Waals surface area contributed by atoms with Crippen molar-refractivity contribution in [3.05, 3.63) is 64.1 Å². The summed E-state index contributed by atoms with van der Waals surface area (Å²) >= 11 is 3.46. The minimum absolute atomic E-state index is 0.700. The first-order valence-electron chi connectivity index (χ1n) is 7.52. The Morgan fingerprint density at radius 1 is 1.00 bits per heavy atom. The first kappa shape index (κ1) is 15.3. The molecule has 3 nitrogen and oxygen atoms in total. The molecule has 22 heavy (non-hydrogen) atoms. The van der Waals surface area contributed by atoms with Gasteiger partial charge in [-0.05, 0) is 39.7 Å². The van der Waals surface area contributed by atoms with Crippen molar-refractivity contribution in [2.45, 2.75) is 6.54 Å². The van der Waals surface area contributed by atoms with Crippen molar-refractivity contribution < 1.29 is 4.79 Å². The van der Waals surface area contributed by atoms with Gasteiger partial charge in [0.05, 0.1) is 0 Å². The van der Waals surface area contributed by atoms with Gasteiger partial charge in [-0.1, -0.05) is 30.3 Å². The van der Waals surface area contributed by atoms with Crippen LogP contribution in [0.15, 0.2) is 53.0 Å². The van der Waals surface area contributed by atoms with Crippen LogP contribution in [-0.4, -0.2) is 37.4 Å². The monoisotopic (exact) mass is 358 g/mol. The van der Waals surface area contributed by atoms with Gasteiger partial charge in [0.15, 0.2) is 6.29 Å². The number of piperazine rings is 1. The molecule has 1 heterocycles. The van der Waals surface area contributed by atoms with Crippen LogP contribution in [0.1, 0.15) is 15.9 Å². The minimum Gasteiger partial charge on any atom is -0.369 e. The molecule has 0 N–H and O–H groups in total. The molecule has 0 unspecified atom stereocenters. The molecule has 0 atom stereocenters. The molecule has 1 aliphatic heterocycles. The summed E-state index contributed by atoms with van der Waals surface area (Å²) in [6, 6.07) is 16.6. The maximum Gasteiger partial charge on any atom is 0.151 e.